The first-order valence-electron chi connectivity index (χ1n) is 6.60. The van der Waals surface area contributed by atoms with Crippen molar-refractivity contribution in [1.82, 2.24) is 20.3 Å². The molecule has 2 aromatic rings. The molecule has 98 valence electrons. The maximum absolute atomic E-state index is 11.8. The molecule has 0 aliphatic carbocycles. The lowest BCUT2D eigenvalue weighted by atomic mass is 10.2. The fraction of sp³-hybridized carbons (Fsp3) is 0.357. The maximum Gasteiger partial charge on any atom is 0.271 e. The van der Waals surface area contributed by atoms with Crippen molar-refractivity contribution in [3.8, 4) is 11.5 Å². The van der Waals surface area contributed by atoms with Gasteiger partial charge in [-0.05, 0) is 30.9 Å². The zero-order valence-corrected chi connectivity index (χ0v) is 10.9. The highest BCUT2D eigenvalue weighted by Crippen LogP contribution is 2.19. The van der Waals surface area contributed by atoms with E-state index in [0.717, 1.165) is 30.7 Å². The second kappa shape index (κ2) is 4.84. The van der Waals surface area contributed by atoms with Crippen LogP contribution in [0.5, 0.6) is 0 Å². The number of amides is 1. The van der Waals surface area contributed by atoms with E-state index < -0.39 is 0 Å². The van der Waals surface area contributed by atoms with Gasteiger partial charge in [0.2, 0.25) is 0 Å². The summed E-state index contributed by atoms with van der Waals surface area (Å²) in [6, 6.07) is 3.98. The number of pyridine rings is 1. The highest BCUT2D eigenvalue weighted by Gasteiger charge is 2.20. The first-order valence-corrected chi connectivity index (χ1v) is 6.60. The Morgan fingerprint density at radius 3 is 3.00 bits per heavy atom. The van der Waals surface area contributed by atoms with Crippen LogP contribution in [-0.2, 0) is 12.8 Å². The molecule has 1 amide bonds. The van der Waals surface area contributed by atoms with Gasteiger partial charge in [0.05, 0.1) is 0 Å². The number of carbonyl (C=O) groups excluding carboxylic acids is 1. The van der Waals surface area contributed by atoms with Crippen molar-refractivity contribution in [2.24, 2.45) is 0 Å². The van der Waals surface area contributed by atoms with Crippen LogP contribution in [0.15, 0.2) is 18.3 Å². The average molecular weight is 256 g/mol. The van der Waals surface area contributed by atoms with Crippen LogP contribution in [0.25, 0.3) is 11.5 Å². The van der Waals surface area contributed by atoms with Crippen molar-refractivity contribution >= 4 is 5.91 Å². The second-order valence-corrected chi connectivity index (χ2v) is 4.68. The summed E-state index contributed by atoms with van der Waals surface area (Å²) >= 11 is 0. The molecule has 2 aromatic heterocycles. The van der Waals surface area contributed by atoms with Crippen molar-refractivity contribution in [1.29, 1.82) is 0 Å². The lowest BCUT2D eigenvalue weighted by molar-refractivity contribution is 0.0951. The third kappa shape index (κ3) is 2.23. The predicted molar refractivity (Wildman–Crippen MR) is 71.9 cm³/mol. The molecule has 0 fully saturated rings. The van der Waals surface area contributed by atoms with Gasteiger partial charge in [-0.2, -0.15) is 0 Å². The Balaban J connectivity index is 1.97. The lowest BCUT2D eigenvalue weighted by Crippen LogP contribution is -2.23. The number of aromatic nitrogens is 3. The van der Waals surface area contributed by atoms with E-state index in [1.54, 1.807) is 0 Å². The summed E-state index contributed by atoms with van der Waals surface area (Å²) in [6.07, 6.45) is 4.59. The van der Waals surface area contributed by atoms with E-state index in [2.05, 4.69) is 27.2 Å². The van der Waals surface area contributed by atoms with Crippen LogP contribution in [-0.4, -0.2) is 27.4 Å². The molecule has 1 aliphatic heterocycles. The summed E-state index contributed by atoms with van der Waals surface area (Å²) in [5.41, 5.74) is 3.38. The fourth-order valence-electron chi connectivity index (χ4n) is 2.22. The van der Waals surface area contributed by atoms with Gasteiger partial charge in [-0.1, -0.05) is 13.0 Å². The van der Waals surface area contributed by atoms with Crippen molar-refractivity contribution in [2.75, 3.05) is 6.54 Å². The van der Waals surface area contributed by atoms with Gasteiger partial charge in [-0.15, -0.1) is 0 Å². The number of aromatic amines is 1. The Bertz CT molecular complexity index is 600. The number of hydrogen-bond acceptors (Lipinski definition) is 3. The second-order valence-electron chi connectivity index (χ2n) is 4.68. The highest BCUT2D eigenvalue weighted by atomic mass is 16.1. The zero-order valence-electron chi connectivity index (χ0n) is 10.9. The van der Waals surface area contributed by atoms with Crippen molar-refractivity contribution in [2.45, 2.75) is 26.2 Å². The zero-order chi connectivity index (χ0) is 13.2. The van der Waals surface area contributed by atoms with Gasteiger partial charge in [-0.25, -0.2) is 4.98 Å². The van der Waals surface area contributed by atoms with Crippen LogP contribution in [0, 0.1) is 0 Å². The molecule has 3 heterocycles. The van der Waals surface area contributed by atoms with Gasteiger partial charge in [0, 0.05) is 18.4 Å². The van der Waals surface area contributed by atoms with Crippen LogP contribution in [0.4, 0.5) is 0 Å². The highest BCUT2D eigenvalue weighted by molar-refractivity contribution is 5.94. The number of nitrogens with zero attached hydrogens (tertiary/aromatic N) is 2. The molecule has 1 aliphatic rings. The first kappa shape index (κ1) is 11.9. The first-order chi connectivity index (χ1) is 9.28. The Morgan fingerprint density at radius 1 is 1.37 bits per heavy atom. The van der Waals surface area contributed by atoms with Crippen LogP contribution in [0.3, 0.4) is 0 Å². The Hall–Kier alpha value is -2.17. The van der Waals surface area contributed by atoms with E-state index in [0.29, 0.717) is 18.1 Å². The molecule has 2 N–H and O–H groups in total. The van der Waals surface area contributed by atoms with Gasteiger partial charge in [0.25, 0.3) is 5.91 Å². The molecule has 0 spiro atoms. The number of carbonyl (C=O) groups is 1. The van der Waals surface area contributed by atoms with Gasteiger partial charge in [-0.3, -0.25) is 9.78 Å². The fourth-order valence-corrected chi connectivity index (χ4v) is 2.22. The molecule has 0 unspecified atom stereocenters. The number of H-pyrrole nitrogens is 1. The van der Waals surface area contributed by atoms with E-state index >= 15 is 0 Å². The summed E-state index contributed by atoms with van der Waals surface area (Å²) in [7, 11) is 0. The molecular formula is C14H16N4O. The molecule has 19 heavy (non-hydrogen) atoms. The van der Waals surface area contributed by atoms with Crippen LogP contribution < -0.4 is 5.32 Å². The minimum Gasteiger partial charge on any atom is -0.351 e. The largest absolute Gasteiger partial charge is 0.351 e. The number of hydrogen-bond donors (Lipinski definition) is 2. The van der Waals surface area contributed by atoms with Gasteiger partial charge >= 0.3 is 0 Å². The van der Waals surface area contributed by atoms with Crippen molar-refractivity contribution < 1.29 is 4.79 Å². The number of nitrogens with one attached hydrogen (secondary N) is 2. The van der Waals surface area contributed by atoms with E-state index in [1.165, 1.54) is 5.56 Å². The Labute approximate surface area is 111 Å². The number of aryl methyl sites for hydroxylation is 2. The summed E-state index contributed by atoms with van der Waals surface area (Å²) in [6.45, 7) is 2.80. The molecule has 0 radical (unpaired) electrons. The van der Waals surface area contributed by atoms with Gasteiger partial charge in [0.15, 0.2) is 5.82 Å². The van der Waals surface area contributed by atoms with Crippen LogP contribution in [0.2, 0.25) is 0 Å². The molecule has 0 saturated carbocycles. The van der Waals surface area contributed by atoms with Crippen molar-refractivity contribution in [3.05, 3.63) is 35.3 Å². The van der Waals surface area contributed by atoms with Crippen LogP contribution >= 0.6 is 0 Å². The summed E-state index contributed by atoms with van der Waals surface area (Å²) < 4.78 is 0. The summed E-state index contributed by atoms with van der Waals surface area (Å²) in [4.78, 5) is 23.8. The molecule has 5 heteroatoms. The Kier molecular flexibility index (Phi) is 3.03. The molecule has 0 saturated heterocycles. The van der Waals surface area contributed by atoms with E-state index in [9.17, 15) is 4.79 Å². The van der Waals surface area contributed by atoms with E-state index in [4.69, 9.17) is 0 Å². The number of rotatable bonds is 2. The standard InChI is InChI=1S/C14H16N4O/c1-2-9-5-6-11(16-8-9)13-17-10-4-3-7-15-14(19)12(10)18-13/h5-6,8H,2-4,7H2,1H3,(H,15,19)(H,17,18). The summed E-state index contributed by atoms with van der Waals surface area (Å²) in [5, 5.41) is 2.84. The minimum atomic E-state index is -0.0971. The molecule has 0 bridgehead atoms. The number of imidazole rings is 1. The quantitative estimate of drug-likeness (QED) is 0.859. The predicted octanol–water partition coefficient (Wildman–Crippen LogP) is 1.71. The third-order valence-corrected chi connectivity index (χ3v) is 3.36. The number of fused-ring (bicyclic) bond motifs is 1. The lowest BCUT2D eigenvalue weighted by Gasteiger charge is -1.99. The van der Waals surface area contributed by atoms with E-state index in [1.807, 2.05) is 18.3 Å². The average Bonchev–Trinajstić information content (AvgIpc) is 2.80. The Morgan fingerprint density at radius 2 is 2.26 bits per heavy atom. The minimum absolute atomic E-state index is 0.0971. The monoisotopic (exact) mass is 256 g/mol. The smallest absolute Gasteiger partial charge is 0.271 e. The maximum atomic E-state index is 11.8. The van der Waals surface area contributed by atoms with E-state index in [-0.39, 0.29) is 5.91 Å². The van der Waals surface area contributed by atoms with Gasteiger partial charge < -0.3 is 10.3 Å². The normalized spacial score (nSPS) is 14.7. The molecule has 0 aromatic carbocycles. The molecule has 5 nitrogen and oxygen atoms in total. The van der Waals surface area contributed by atoms with Crippen molar-refractivity contribution in [3.63, 3.8) is 0 Å². The molecule has 0 atom stereocenters. The SMILES string of the molecule is CCc1ccc(-c2nc3c([nH]2)CCCNC3=O)nc1. The van der Waals surface area contributed by atoms with Gasteiger partial charge in [0.1, 0.15) is 11.4 Å². The van der Waals surface area contributed by atoms with Crippen LogP contribution in [0.1, 0.15) is 35.1 Å². The molecule has 3 rings (SSSR count). The topological polar surface area (TPSA) is 70.7 Å². The summed E-state index contributed by atoms with van der Waals surface area (Å²) in [5.74, 6) is 0.574. The third-order valence-electron chi connectivity index (χ3n) is 3.36. The molecular weight excluding hydrogens is 240 g/mol.